The molecule has 0 spiro atoms. The first-order valence-corrected chi connectivity index (χ1v) is 11.7. The molecule has 0 atom stereocenters. The van der Waals surface area contributed by atoms with E-state index < -0.39 is 5.97 Å². The lowest BCUT2D eigenvalue weighted by Gasteiger charge is -2.36. The van der Waals surface area contributed by atoms with Crippen LogP contribution in [0.2, 0.25) is 5.02 Å². The Labute approximate surface area is 193 Å². The summed E-state index contributed by atoms with van der Waals surface area (Å²) in [4.78, 5) is 28.2. The monoisotopic (exact) mass is 457 g/mol. The van der Waals surface area contributed by atoms with E-state index in [4.69, 9.17) is 11.6 Å². The molecule has 4 nitrogen and oxygen atoms in total. The number of carbonyl (C=O) groups is 2. The van der Waals surface area contributed by atoms with Gasteiger partial charge in [-0.25, -0.2) is 4.79 Å². The molecule has 1 aliphatic carbocycles. The van der Waals surface area contributed by atoms with Crippen LogP contribution in [0.15, 0.2) is 30.3 Å². The maximum absolute atomic E-state index is 13.6. The van der Waals surface area contributed by atoms with Gasteiger partial charge in [-0.3, -0.25) is 4.79 Å². The molecule has 1 heterocycles. The quantitative estimate of drug-likeness (QED) is 0.518. The third kappa shape index (κ3) is 5.90. The van der Waals surface area contributed by atoms with Crippen molar-refractivity contribution in [2.75, 3.05) is 4.90 Å². The number of thiophene rings is 1. The Hall–Kier alpha value is -2.29. The number of hydrogen-bond donors (Lipinski definition) is 1. The largest absolute Gasteiger partial charge is 0.477 e. The molecule has 1 amide bonds. The Morgan fingerprint density at radius 3 is 2.29 bits per heavy atom. The van der Waals surface area contributed by atoms with Crippen molar-refractivity contribution >= 4 is 40.5 Å². The van der Waals surface area contributed by atoms with E-state index in [9.17, 15) is 14.7 Å². The summed E-state index contributed by atoms with van der Waals surface area (Å²) >= 11 is 7.13. The van der Waals surface area contributed by atoms with E-state index in [1.165, 1.54) is 0 Å². The first-order chi connectivity index (χ1) is 14.5. The third-order valence-corrected chi connectivity index (χ3v) is 6.67. The molecule has 0 radical (unpaired) electrons. The zero-order chi connectivity index (χ0) is 22.8. The van der Waals surface area contributed by atoms with Gasteiger partial charge in [-0.2, -0.15) is 0 Å². The number of hydrogen-bond acceptors (Lipinski definition) is 3. The second-order valence-electron chi connectivity index (χ2n) is 9.23. The second kappa shape index (κ2) is 9.46. The highest BCUT2D eigenvalue weighted by molar-refractivity contribution is 7.15. The number of carboxylic acids is 1. The molecule has 3 rings (SSSR count). The molecule has 1 aromatic carbocycles. The molecule has 1 aromatic heterocycles. The molecular weight excluding hydrogens is 430 g/mol. The fourth-order valence-electron chi connectivity index (χ4n) is 3.73. The average Bonchev–Trinajstić information content (AvgIpc) is 3.12. The molecule has 6 heteroatoms. The van der Waals surface area contributed by atoms with Gasteiger partial charge in [0.1, 0.15) is 4.88 Å². The minimum atomic E-state index is -1.04. The second-order valence-corrected chi connectivity index (χ2v) is 10.7. The van der Waals surface area contributed by atoms with Gasteiger partial charge in [-0.1, -0.05) is 30.4 Å². The molecule has 0 aliphatic heterocycles. The summed E-state index contributed by atoms with van der Waals surface area (Å²) in [6.45, 7) is 8.24. The van der Waals surface area contributed by atoms with E-state index in [1.54, 1.807) is 35.2 Å². The summed E-state index contributed by atoms with van der Waals surface area (Å²) in [5.41, 5.74) is 0.731. The summed E-state index contributed by atoms with van der Waals surface area (Å²) in [7, 11) is 0. The highest BCUT2D eigenvalue weighted by atomic mass is 35.5. The summed E-state index contributed by atoms with van der Waals surface area (Å²) in [5.74, 6) is 5.63. The molecular formula is C25H28ClNO3S. The van der Waals surface area contributed by atoms with Crippen molar-refractivity contribution in [3.05, 3.63) is 50.7 Å². The lowest BCUT2D eigenvalue weighted by molar-refractivity contribution is 0.0702. The van der Waals surface area contributed by atoms with Gasteiger partial charge in [0, 0.05) is 22.0 Å². The summed E-state index contributed by atoms with van der Waals surface area (Å²) in [6.07, 6.45) is 3.72. The van der Waals surface area contributed by atoms with Gasteiger partial charge in [-0.05, 0) is 82.7 Å². The molecule has 1 N–H and O–H groups in total. The SMILES string of the molecule is CC1CCC(N(C(=O)c2ccc(Cl)cc2)c2cc(C#CC(C)(C)C)sc2C(=O)O)CC1. The van der Waals surface area contributed by atoms with Crippen LogP contribution >= 0.6 is 22.9 Å². The number of benzene rings is 1. The zero-order valence-electron chi connectivity index (χ0n) is 18.4. The van der Waals surface area contributed by atoms with Crippen molar-refractivity contribution < 1.29 is 14.7 Å². The van der Waals surface area contributed by atoms with Crippen molar-refractivity contribution in [3.63, 3.8) is 0 Å². The number of carbonyl (C=O) groups excluding carboxylic acids is 1. The molecule has 0 bridgehead atoms. The van der Waals surface area contributed by atoms with E-state index in [0.717, 1.165) is 37.0 Å². The van der Waals surface area contributed by atoms with E-state index >= 15 is 0 Å². The molecule has 1 saturated carbocycles. The molecule has 164 valence electrons. The number of carboxylic acid groups (broad SMARTS) is 1. The Morgan fingerprint density at radius 1 is 1.13 bits per heavy atom. The van der Waals surface area contributed by atoms with Crippen LogP contribution < -0.4 is 4.90 Å². The average molecular weight is 458 g/mol. The highest BCUT2D eigenvalue weighted by Gasteiger charge is 2.33. The van der Waals surface area contributed by atoms with Crippen molar-refractivity contribution in [3.8, 4) is 11.8 Å². The number of amides is 1. The molecule has 0 saturated heterocycles. The summed E-state index contributed by atoms with van der Waals surface area (Å²) in [6, 6.07) is 8.46. The van der Waals surface area contributed by atoms with Crippen LogP contribution in [0.25, 0.3) is 0 Å². The molecule has 1 fully saturated rings. The van der Waals surface area contributed by atoms with Crippen molar-refractivity contribution in [1.82, 2.24) is 0 Å². The van der Waals surface area contributed by atoms with E-state index in [-0.39, 0.29) is 22.2 Å². The number of anilines is 1. The standard InChI is InChI=1S/C25H28ClNO3S/c1-16-5-11-19(12-6-16)27(23(28)17-7-9-18(26)10-8-17)21-15-20(13-14-25(2,3)4)31-22(21)24(29)30/h7-10,15-16,19H,5-6,11-12H2,1-4H3,(H,29,30). The van der Waals surface area contributed by atoms with Gasteiger partial charge in [0.15, 0.2) is 0 Å². The smallest absolute Gasteiger partial charge is 0.348 e. The van der Waals surface area contributed by atoms with Crippen LogP contribution in [-0.4, -0.2) is 23.0 Å². The van der Waals surface area contributed by atoms with Crippen molar-refractivity contribution in [2.45, 2.75) is 59.4 Å². The molecule has 1 aliphatic rings. The number of nitrogens with zero attached hydrogens (tertiary/aromatic N) is 1. The van der Waals surface area contributed by atoms with Gasteiger partial charge in [-0.15, -0.1) is 11.3 Å². The van der Waals surface area contributed by atoms with Gasteiger partial charge in [0.25, 0.3) is 5.91 Å². The van der Waals surface area contributed by atoms with Crippen LogP contribution in [-0.2, 0) is 0 Å². The Kier molecular flexibility index (Phi) is 7.13. The van der Waals surface area contributed by atoms with Crippen LogP contribution in [0.5, 0.6) is 0 Å². The number of halogens is 1. The van der Waals surface area contributed by atoms with Gasteiger partial charge in [0.2, 0.25) is 0 Å². The first-order valence-electron chi connectivity index (χ1n) is 10.5. The lowest BCUT2D eigenvalue weighted by atomic mass is 9.86. The lowest BCUT2D eigenvalue weighted by Crippen LogP contribution is -2.43. The molecule has 31 heavy (non-hydrogen) atoms. The maximum atomic E-state index is 13.6. The minimum Gasteiger partial charge on any atom is -0.477 e. The van der Waals surface area contributed by atoms with Gasteiger partial charge < -0.3 is 10.0 Å². The van der Waals surface area contributed by atoms with Gasteiger partial charge in [0.05, 0.1) is 10.6 Å². The normalized spacial score (nSPS) is 18.7. The van der Waals surface area contributed by atoms with Gasteiger partial charge >= 0.3 is 5.97 Å². The van der Waals surface area contributed by atoms with Crippen LogP contribution in [0.3, 0.4) is 0 Å². The van der Waals surface area contributed by atoms with Crippen LogP contribution in [0, 0.1) is 23.2 Å². The van der Waals surface area contributed by atoms with Crippen LogP contribution in [0.1, 0.15) is 78.3 Å². The Balaban J connectivity index is 2.08. The topological polar surface area (TPSA) is 57.6 Å². The maximum Gasteiger partial charge on any atom is 0.348 e. The minimum absolute atomic E-state index is 0.0458. The highest BCUT2D eigenvalue weighted by Crippen LogP contribution is 2.37. The zero-order valence-corrected chi connectivity index (χ0v) is 19.9. The predicted octanol–water partition coefficient (Wildman–Crippen LogP) is 6.72. The Morgan fingerprint density at radius 2 is 1.74 bits per heavy atom. The van der Waals surface area contributed by atoms with E-state index in [2.05, 4.69) is 18.8 Å². The van der Waals surface area contributed by atoms with E-state index in [0.29, 0.717) is 27.1 Å². The fraction of sp³-hybridized carbons (Fsp3) is 0.440. The first kappa shape index (κ1) is 23.4. The summed E-state index contributed by atoms with van der Waals surface area (Å²) in [5, 5.41) is 10.4. The molecule has 0 unspecified atom stereocenters. The predicted molar refractivity (Wildman–Crippen MR) is 127 cm³/mol. The number of aromatic carboxylic acids is 1. The summed E-state index contributed by atoms with van der Waals surface area (Å²) < 4.78 is 0. The van der Waals surface area contributed by atoms with Crippen molar-refractivity contribution in [2.24, 2.45) is 11.3 Å². The third-order valence-electron chi connectivity index (χ3n) is 5.39. The number of rotatable bonds is 4. The van der Waals surface area contributed by atoms with E-state index in [1.807, 2.05) is 20.8 Å². The van der Waals surface area contributed by atoms with Crippen molar-refractivity contribution in [1.29, 1.82) is 0 Å². The fourth-order valence-corrected chi connectivity index (χ4v) is 4.70. The van der Waals surface area contributed by atoms with Crippen LogP contribution in [0.4, 0.5) is 5.69 Å². The Bertz CT molecular complexity index is 1020. The molecule has 2 aromatic rings.